The molecule has 6 heteroatoms. The lowest BCUT2D eigenvalue weighted by Gasteiger charge is -2.22. The van der Waals surface area contributed by atoms with Gasteiger partial charge in [-0.15, -0.1) is 0 Å². The number of aromatic nitrogens is 2. The SMILES string of the molecule is COc1cc2c(cc1CN(Cc1cocn1)Cc1cocn1)CCC2. The number of hydrogen-bond donors (Lipinski definition) is 0. The highest BCUT2D eigenvalue weighted by molar-refractivity contribution is 5.44. The van der Waals surface area contributed by atoms with Gasteiger partial charge in [-0.25, -0.2) is 9.97 Å². The first-order chi connectivity index (χ1) is 12.3. The number of ether oxygens (including phenoxy) is 1. The first kappa shape index (κ1) is 15.9. The van der Waals surface area contributed by atoms with Gasteiger partial charge in [0.15, 0.2) is 12.8 Å². The Balaban J connectivity index is 1.59. The minimum absolute atomic E-state index is 0.670. The maximum atomic E-state index is 5.65. The molecule has 1 aliphatic carbocycles. The predicted octanol–water partition coefficient (Wildman–Crippen LogP) is 3.36. The molecule has 0 fully saturated rings. The normalized spacial score (nSPS) is 13.4. The largest absolute Gasteiger partial charge is 0.496 e. The first-order valence-corrected chi connectivity index (χ1v) is 8.47. The van der Waals surface area contributed by atoms with E-state index in [1.54, 1.807) is 19.6 Å². The molecule has 0 aliphatic heterocycles. The summed E-state index contributed by atoms with van der Waals surface area (Å²) in [5.41, 5.74) is 5.83. The zero-order valence-electron chi connectivity index (χ0n) is 14.3. The van der Waals surface area contributed by atoms with E-state index in [9.17, 15) is 0 Å². The van der Waals surface area contributed by atoms with E-state index in [1.807, 2.05) is 0 Å². The lowest BCUT2D eigenvalue weighted by molar-refractivity contribution is 0.237. The van der Waals surface area contributed by atoms with Crippen molar-refractivity contribution in [2.24, 2.45) is 0 Å². The summed E-state index contributed by atoms with van der Waals surface area (Å²) in [6.45, 7) is 2.09. The number of rotatable bonds is 7. The first-order valence-electron chi connectivity index (χ1n) is 8.47. The lowest BCUT2D eigenvalue weighted by atomic mass is 10.0. The van der Waals surface area contributed by atoms with Gasteiger partial charge in [-0.1, -0.05) is 6.07 Å². The van der Waals surface area contributed by atoms with Gasteiger partial charge in [-0.2, -0.15) is 0 Å². The van der Waals surface area contributed by atoms with Crippen molar-refractivity contribution in [1.29, 1.82) is 0 Å². The second-order valence-electron chi connectivity index (χ2n) is 6.39. The van der Waals surface area contributed by atoms with Crippen molar-refractivity contribution in [1.82, 2.24) is 14.9 Å². The number of nitrogens with zero attached hydrogens (tertiary/aromatic N) is 3. The third kappa shape index (κ3) is 3.58. The topological polar surface area (TPSA) is 64.5 Å². The Morgan fingerprint density at radius 1 is 0.960 bits per heavy atom. The molecule has 2 aromatic heterocycles. The Bertz CT molecular complexity index is 777. The molecule has 130 valence electrons. The minimum atomic E-state index is 0.670. The smallest absolute Gasteiger partial charge is 0.180 e. The standard InChI is InChI=1S/C19H21N3O3/c1-23-19-6-15-4-2-3-14(15)5-16(19)7-22(8-17-10-24-12-20-17)9-18-11-25-13-21-18/h5-6,10-13H,2-4,7-9H2,1H3. The zero-order chi connectivity index (χ0) is 17.1. The van der Waals surface area contributed by atoms with Crippen LogP contribution in [-0.2, 0) is 32.5 Å². The summed E-state index contributed by atoms with van der Waals surface area (Å²) < 4.78 is 15.9. The van der Waals surface area contributed by atoms with Crippen molar-refractivity contribution >= 4 is 0 Å². The van der Waals surface area contributed by atoms with Crippen LogP contribution in [-0.4, -0.2) is 22.0 Å². The van der Waals surface area contributed by atoms with Gasteiger partial charge in [-0.3, -0.25) is 4.90 Å². The van der Waals surface area contributed by atoms with Crippen LogP contribution in [0, 0.1) is 0 Å². The van der Waals surface area contributed by atoms with Crippen LogP contribution in [0.3, 0.4) is 0 Å². The Kier molecular flexibility index (Phi) is 4.52. The zero-order valence-corrected chi connectivity index (χ0v) is 14.3. The van der Waals surface area contributed by atoms with Crippen LogP contribution in [0.25, 0.3) is 0 Å². The number of oxazole rings is 2. The summed E-state index contributed by atoms with van der Waals surface area (Å²) >= 11 is 0. The molecule has 4 rings (SSSR count). The summed E-state index contributed by atoms with van der Waals surface area (Å²) in [7, 11) is 1.74. The molecule has 0 bridgehead atoms. The molecular formula is C19H21N3O3. The summed E-state index contributed by atoms with van der Waals surface area (Å²) in [5, 5.41) is 0. The van der Waals surface area contributed by atoms with Crippen molar-refractivity contribution < 1.29 is 13.6 Å². The van der Waals surface area contributed by atoms with E-state index in [2.05, 4.69) is 27.0 Å². The maximum absolute atomic E-state index is 5.65. The van der Waals surface area contributed by atoms with Crippen molar-refractivity contribution in [3.63, 3.8) is 0 Å². The molecule has 2 heterocycles. The highest BCUT2D eigenvalue weighted by atomic mass is 16.5. The molecule has 0 spiro atoms. The van der Waals surface area contributed by atoms with Crippen LogP contribution in [0.4, 0.5) is 0 Å². The number of benzene rings is 1. The van der Waals surface area contributed by atoms with E-state index >= 15 is 0 Å². The van der Waals surface area contributed by atoms with Crippen LogP contribution in [0.2, 0.25) is 0 Å². The average Bonchev–Trinajstić information content (AvgIpc) is 3.36. The molecule has 1 aliphatic rings. The minimum Gasteiger partial charge on any atom is -0.496 e. The quantitative estimate of drug-likeness (QED) is 0.658. The molecule has 6 nitrogen and oxygen atoms in total. The number of fused-ring (bicyclic) bond motifs is 1. The van der Waals surface area contributed by atoms with Crippen LogP contribution in [0.5, 0.6) is 5.75 Å². The molecule has 0 N–H and O–H groups in total. The summed E-state index contributed by atoms with van der Waals surface area (Å²) in [6, 6.07) is 4.49. The molecule has 0 radical (unpaired) electrons. The second-order valence-corrected chi connectivity index (χ2v) is 6.39. The van der Waals surface area contributed by atoms with Crippen LogP contribution < -0.4 is 4.74 Å². The molecule has 0 atom stereocenters. The van der Waals surface area contributed by atoms with Gasteiger partial charge in [0, 0.05) is 25.2 Å². The predicted molar refractivity (Wildman–Crippen MR) is 91.0 cm³/mol. The third-order valence-electron chi connectivity index (χ3n) is 4.63. The van der Waals surface area contributed by atoms with Gasteiger partial charge in [-0.05, 0) is 36.5 Å². The van der Waals surface area contributed by atoms with Crippen LogP contribution in [0.15, 0.2) is 46.3 Å². The van der Waals surface area contributed by atoms with Gasteiger partial charge < -0.3 is 13.6 Å². The van der Waals surface area contributed by atoms with Crippen LogP contribution in [0.1, 0.15) is 34.5 Å². The monoisotopic (exact) mass is 339 g/mol. The summed E-state index contributed by atoms with van der Waals surface area (Å²) in [5.74, 6) is 0.950. The third-order valence-corrected chi connectivity index (χ3v) is 4.63. The van der Waals surface area contributed by atoms with E-state index < -0.39 is 0 Å². The number of methoxy groups -OCH3 is 1. The maximum Gasteiger partial charge on any atom is 0.180 e. The van der Waals surface area contributed by atoms with Gasteiger partial charge >= 0.3 is 0 Å². The van der Waals surface area contributed by atoms with Crippen molar-refractivity contribution in [2.45, 2.75) is 38.9 Å². The Morgan fingerprint density at radius 2 is 1.60 bits per heavy atom. The molecular weight excluding hydrogens is 318 g/mol. The highest BCUT2D eigenvalue weighted by Gasteiger charge is 2.18. The van der Waals surface area contributed by atoms with E-state index in [4.69, 9.17) is 13.6 Å². The van der Waals surface area contributed by atoms with Gasteiger partial charge in [0.05, 0.1) is 18.5 Å². The van der Waals surface area contributed by atoms with E-state index in [0.717, 1.165) is 36.5 Å². The Labute approximate surface area is 146 Å². The molecule has 0 saturated carbocycles. The molecule has 3 aromatic rings. The number of aryl methyl sites for hydroxylation is 2. The molecule has 0 saturated heterocycles. The van der Waals surface area contributed by atoms with Gasteiger partial charge in [0.25, 0.3) is 0 Å². The van der Waals surface area contributed by atoms with Crippen molar-refractivity contribution in [2.75, 3.05) is 7.11 Å². The van der Waals surface area contributed by atoms with Crippen LogP contribution >= 0.6 is 0 Å². The average molecular weight is 339 g/mol. The summed E-state index contributed by atoms with van der Waals surface area (Å²) in [6.07, 6.45) is 9.79. The fourth-order valence-corrected chi connectivity index (χ4v) is 3.46. The van der Waals surface area contributed by atoms with E-state index in [-0.39, 0.29) is 0 Å². The fraction of sp³-hybridized carbons (Fsp3) is 0.368. The molecule has 0 unspecified atom stereocenters. The Morgan fingerprint density at radius 3 is 2.16 bits per heavy atom. The highest BCUT2D eigenvalue weighted by Crippen LogP contribution is 2.31. The van der Waals surface area contributed by atoms with E-state index in [0.29, 0.717) is 13.1 Å². The van der Waals surface area contributed by atoms with Crippen molar-refractivity contribution in [3.05, 3.63) is 65.5 Å². The fourth-order valence-electron chi connectivity index (χ4n) is 3.46. The molecule has 25 heavy (non-hydrogen) atoms. The molecule has 0 amide bonds. The van der Waals surface area contributed by atoms with Gasteiger partial charge in [0.1, 0.15) is 18.3 Å². The second kappa shape index (κ2) is 7.11. The molecule has 1 aromatic carbocycles. The van der Waals surface area contributed by atoms with E-state index in [1.165, 1.54) is 35.9 Å². The van der Waals surface area contributed by atoms with Crippen molar-refractivity contribution in [3.8, 4) is 5.75 Å². The van der Waals surface area contributed by atoms with Gasteiger partial charge in [0.2, 0.25) is 0 Å². The lowest BCUT2D eigenvalue weighted by Crippen LogP contribution is -2.23. The number of hydrogen-bond acceptors (Lipinski definition) is 6. The Hall–Kier alpha value is -2.60. The summed E-state index contributed by atoms with van der Waals surface area (Å²) in [4.78, 5) is 10.7.